The SMILES string of the molecule is CC(NC(C)c1ccco1)c1cccc(Br)c1. The highest BCUT2D eigenvalue weighted by molar-refractivity contribution is 9.10. The first-order chi connectivity index (χ1) is 8.16. The van der Waals surface area contributed by atoms with E-state index in [1.165, 1.54) is 5.56 Å². The monoisotopic (exact) mass is 293 g/mol. The second-order valence-corrected chi connectivity index (χ2v) is 5.10. The molecule has 0 aliphatic rings. The van der Waals surface area contributed by atoms with Gasteiger partial charge >= 0.3 is 0 Å². The van der Waals surface area contributed by atoms with Crippen LogP contribution in [0.15, 0.2) is 51.6 Å². The van der Waals surface area contributed by atoms with Crippen LogP contribution in [-0.4, -0.2) is 0 Å². The molecular weight excluding hydrogens is 278 g/mol. The third kappa shape index (κ3) is 3.20. The van der Waals surface area contributed by atoms with E-state index < -0.39 is 0 Å². The van der Waals surface area contributed by atoms with Crippen LogP contribution in [0.5, 0.6) is 0 Å². The van der Waals surface area contributed by atoms with Crippen molar-refractivity contribution >= 4 is 15.9 Å². The smallest absolute Gasteiger partial charge is 0.120 e. The van der Waals surface area contributed by atoms with Gasteiger partial charge < -0.3 is 9.73 Å². The molecule has 2 unspecified atom stereocenters. The van der Waals surface area contributed by atoms with Crippen molar-refractivity contribution in [2.45, 2.75) is 25.9 Å². The number of nitrogens with one attached hydrogen (secondary N) is 1. The van der Waals surface area contributed by atoms with Crippen molar-refractivity contribution in [1.29, 1.82) is 0 Å². The van der Waals surface area contributed by atoms with Crippen molar-refractivity contribution < 1.29 is 4.42 Å². The Morgan fingerprint density at radius 3 is 2.59 bits per heavy atom. The van der Waals surface area contributed by atoms with Gasteiger partial charge in [0.05, 0.1) is 12.3 Å². The molecule has 3 heteroatoms. The van der Waals surface area contributed by atoms with Crippen LogP contribution in [0.3, 0.4) is 0 Å². The van der Waals surface area contributed by atoms with E-state index in [1.807, 2.05) is 18.2 Å². The minimum atomic E-state index is 0.207. The first-order valence-electron chi connectivity index (χ1n) is 5.71. The fourth-order valence-corrected chi connectivity index (χ4v) is 2.28. The van der Waals surface area contributed by atoms with Gasteiger partial charge in [0, 0.05) is 10.5 Å². The summed E-state index contributed by atoms with van der Waals surface area (Å²) in [5.74, 6) is 0.965. The summed E-state index contributed by atoms with van der Waals surface area (Å²) < 4.78 is 6.49. The lowest BCUT2D eigenvalue weighted by Gasteiger charge is -2.19. The fraction of sp³-hybridized carbons (Fsp3) is 0.286. The lowest BCUT2D eigenvalue weighted by molar-refractivity contribution is 0.403. The number of hydrogen-bond acceptors (Lipinski definition) is 2. The maximum absolute atomic E-state index is 5.38. The predicted molar refractivity (Wildman–Crippen MR) is 72.8 cm³/mol. The summed E-state index contributed by atoms with van der Waals surface area (Å²) in [7, 11) is 0. The van der Waals surface area contributed by atoms with Crippen molar-refractivity contribution in [3.8, 4) is 0 Å². The molecule has 0 radical (unpaired) electrons. The van der Waals surface area contributed by atoms with Gasteiger partial charge in [0.2, 0.25) is 0 Å². The zero-order chi connectivity index (χ0) is 12.3. The molecule has 17 heavy (non-hydrogen) atoms. The quantitative estimate of drug-likeness (QED) is 0.901. The Morgan fingerprint density at radius 2 is 1.94 bits per heavy atom. The van der Waals surface area contributed by atoms with Crippen molar-refractivity contribution in [2.75, 3.05) is 0 Å². The number of furan rings is 1. The van der Waals surface area contributed by atoms with E-state index in [0.717, 1.165) is 10.2 Å². The molecule has 1 N–H and O–H groups in total. The molecule has 0 saturated carbocycles. The van der Waals surface area contributed by atoms with E-state index >= 15 is 0 Å². The third-order valence-electron chi connectivity index (χ3n) is 2.82. The summed E-state index contributed by atoms with van der Waals surface area (Å²) in [6, 6.07) is 12.7. The van der Waals surface area contributed by atoms with Gasteiger partial charge in [-0.2, -0.15) is 0 Å². The minimum Gasteiger partial charge on any atom is -0.468 e. The van der Waals surface area contributed by atoms with Crippen molar-refractivity contribution in [2.24, 2.45) is 0 Å². The summed E-state index contributed by atoms with van der Waals surface area (Å²) in [5.41, 5.74) is 1.26. The molecule has 1 heterocycles. The maximum Gasteiger partial charge on any atom is 0.120 e. The average Bonchev–Trinajstić information content (AvgIpc) is 2.82. The molecule has 0 aliphatic carbocycles. The number of halogens is 1. The second kappa shape index (κ2) is 5.52. The van der Waals surface area contributed by atoms with E-state index in [1.54, 1.807) is 6.26 Å². The van der Waals surface area contributed by atoms with Gasteiger partial charge in [0.15, 0.2) is 0 Å². The molecule has 0 saturated heterocycles. The third-order valence-corrected chi connectivity index (χ3v) is 3.31. The van der Waals surface area contributed by atoms with Gasteiger partial charge in [-0.15, -0.1) is 0 Å². The highest BCUT2D eigenvalue weighted by Gasteiger charge is 2.12. The summed E-state index contributed by atoms with van der Waals surface area (Å²) in [6.45, 7) is 4.26. The predicted octanol–water partition coefficient (Wildman–Crippen LogP) is 4.45. The van der Waals surface area contributed by atoms with Gasteiger partial charge in [-0.25, -0.2) is 0 Å². The number of benzene rings is 1. The van der Waals surface area contributed by atoms with Crippen molar-refractivity contribution in [1.82, 2.24) is 5.32 Å². The standard InChI is InChI=1S/C14H16BrNO/c1-10(12-5-3-6-13(15)9-12)16-11(2)14-7-4-8-17-14/h3-11,16H,1-2H3. The molecule has 2 rings (SSSR count). The Bertz CT molecular complexity index is 467. The van der Waals surface area contributed by atoms with E-state index in [0.29, 0.717) is 0 Å². The van der Waals surface area contributed by atoms with Gasteiger partial charge in [-0.3, -0.25) is 0 Å². The van der Waals surface area contributed by atoms with Gasteiger partial charge in [0.25, 0.3) is 0 Å². The number of hydrogen-bond donors (Lipinski definition) is 1. The van der Waals surface area contributed by atoms with E-state index in [9.17, 15) is 0 Å². The van der Waals surface area contributed by atoms with Crippen LogP contribution in [0, 0.1) is 0 Å². The van der Waals surface area contributed by atoms with E-state index in [-0.39, 0.29) is 12.1 Å². The first kappa shape index (κ1) is 12.4. The summed E-state index contributed by atoms with van der Waals surface area (Å²) in [6.07, 6.45) is 1.71. The Balaban J connectivity index is 2.04. The van der Waals surface area contributed by atoms with Crippen molar-refractivity contribution in [3.05, 3.63) is 58.5 Å². The summed E-state index contributed by atoms with van der Waals surface area (Å²) >= 11 is 3.49. The fourth-order valence-electron chi connectivity index (χ4n) is 1.87. The van der Waals surface area contributed by atoms with Crippen LogP contribution in [0.1, 0.15) is 37.3 Å². The molecule has 2 atom stereocenters. The van der Waals surface area contributed by atoms with Crippen LogP contribution in [0.2, 0.25) is 0 Å². The molecule has 2 nitrogen and oxygen atoms in total. The summed E-state index contributed by atoms with van der Waals surface area (Å²) in [5, 5.41) is 3.51. The largest absolute Gasteiger partial charge is 0.468 e. The highest BCUT2D eigenvalue weighted by atomic mass is 79.9. The van der Waals surface area contributed by atoms with Crippen LogP contribution in [0.4, 0.5) is 0 Å². The molecule has 0 aliphatic heterocycles. The molecule has 0 fully saturated rings. The molecular formula is C14H16BrNO. The lowest BCUT2D eigenvalue weighted by atomic mass is 10.1. The first-order valence-corrected chi connectivity index (χ1v) is 6.51. The van der Waals surface area contributed by atoms with E-state index in [4.69, 9.17) is 4.42 Å². The summed E-state index contributed by atoms with van der Waals surface area (Å²) in [4.78, 5) is 0. The molecule has 90 valence electrons. The van der Waals surface area contributed by atoms with Gasteiger partial charge in [0.1, 0.15) is 5.76 Å². The van der Waals surface area contributed by atoms with Crippen LogP contribution < -0.4 is 5.32 Å². The second-order valence-electron chi connectivity index (χ2n) is 4.18. The van der Waals surface area contributed by atoms with Crippen LogP contribution in [0.25, 0.3) is 0 Å². The van der Waals surface area contributed by atoms with Gasteiger partial charge in [-0.1, -0.05) is 28.1 Å². The Hall–Kier alpha value is -1.06. The van der Waals surface area contributed by atoms with Crippen LogP contribution in [-0.2, 0) is 0 Å². The number of rotatable bonds is 4. The Labute approximate surface area is 110 Å². The maximum atomic E-state index is 5.38. The minimum absolute atomic E-state index is 0.207. The topological polar surface area (TPSA) is 25.2 Å². The molecule has 1 aromatic heterocycles. The zero-order valence-electron chi connectivity index (χ0n) is 9.98. The van der Waals surface area contributed by atoms with Gasteiger partial charge in [-0.05, 0) is 43.7 Å². The average molecular weight is 294 g/mol. The zero-order valence-corrected chi connectivity index (χ0v) is 11.6. The highest BCUT2D eigenvalue weighted by Crippen LogP contribution is 2.21. The Morgan fingerprint density at radius 1 is 1.12 bits per heavy atom. The van der Waals surface area contributed by atoms with Crippen molar-refractivity contribution in [3.63, 3.8) is 0 Å². The van der Waals surface area contributed by atoms with Crippen LogP contribution >= 0.6 is 15.9 Å². The molecule has 0 amide bonds. The molecule has 0 spiro atoms. The Kier molecular flexibility index (Phi) is 4.02. The molecule has 1 aromatic carbocycles. The van der Waals surface area contributed by atoms with E-state index in [2.05, 4.69) is 53.3 Å². The normalized spacial score (nSPS) is 14.5. The lowest BCUT2D eigenvalue weighted by Crippen LogP contribution is -2.22. The molecule has 0 bridgehead atoms. The molecule has 2 aromatic rings.